The molecule has 4 atom stereocenters. The number of aliphatic hydroxyl groups is 2. The molecule has 1 fully saturated rings. The number of aromatic nitrogens is 5. The van der Waals surface area contributed by atoms with Gasteiger partial charge in [-0.1, -0.05) is 27.7 Å². The zero-order chi connectivity index (χ0) is 33.7. The van der Waals surface area contributed by atoms with E-state index < -0.39 is 21.6 Å². The number of anilines is 4. The van der Waals surface area contributed by atoms with E-state index in [2.05, 4.69) is 35.4 Å². The zero-order valence-electron chi connectivity index (χ0n) is 27.2. The van der Waals surface area contributed by atoms with Crippen molar-refractivity contribution < 1.29 is 18.6 Å². The average Bonchev–Trinajstić information content (AvgIpc) is 3.64. The van der Waals surface area contributed by atoms with Crippen LogP contribution in [-0.2, 0) is 34.4 Å². The van der Waals surface area contributed by atoms with Crippen molar-refractivity contribution in [3.63, 3.8) is 0 Å². The molecule has 0 bridgehead atoms. The number of aliphatic hydroxyl groups excluding tert-OH is 2. The average molecular weight is 706 g/mol. The molecule has 6 heterocycles. The van der Waals surface area contributed by atoms with E-state index in [-0.39, 0.29) is 42.4 Å². The summed E-state index contributed by atoms with van der Waals surface area (Å²) in [5.74, 6) is 3.40. The molecule has 13 nitrogen and oxygen atoms in total. The Balaban J connectivity index is 0.000000207. The summed E-state index contributed by atoms with van der Waals surface area (Å²) in [6.45, 7) is 11.5. The fourth-order valence-corrected chi connectivity index (χ4v) is 8.42. The number of aryl methyl sites for hydroxylation is 2. The zero-order valence-corrected chi connectivity index (χ0v) is 29.6. The van der Waals surface area contributed by atoms with Crippen LogP contribution in [-0.4, -0.2) is 107 Å². The second-order valence-electron chi connectivity index (χ2n) is 12.4. The number of halogens is 1. The van der Waals surface area contributed by atoms with E-state index in [0.717, 1.165) is 37.6 Å². The number of nitrogens with zero attached hydrogens (tertiary/aromatic N) is 7. The first kappa shape index (κ1) is 35.3. The third-order valence-electron chi connectivity index (χ3n) is 8.57. The topological polar surface area (TPSA) is 170 Å². The number of fused-ring (bicyclic) bond motifs is 2. The molecule has 0 aliphatic carbocycles. The highest BCUT2D eigenvalue weighted by atomic mass is 35.5. The Labute approximate surface area is 285 Å². The number of nitrogens with one attached hydrogen (secondary N) is 2. The van der Waals surface area contributed by atoms with Gasteiger partial charge in [0.1, 0.15) is 21.4 Å². The van der Waals surface area contributed by atoms with Crippen molar-refractivity contribution in [3.05, 3.63) is 41.2 Å². The van der Waals surface area contributed by atoms with Crippen LogP contribution >= 0.6 is 11.6 Å². The quantitative estimate of drug-likeness (QED) is 0.227. The van der Waals surface area contributed by atoms with Gasteiger partial charge in [0.2, 0.25) is 11.2 Å². The summed E-state index contributed by atoms with van der Waals surface area (Å²) in [5, 5.41) is 25.7. The van der Waals surface area contributed by atoms with Gasteiger partial charge in [0.15, 0.2) is 0 Å². The van der Waals surface area contributed by atoms with Crippen LogP contribution in [0.25, 0.3) is 0 Å². The van der Waals surface area contributed by atoms with Crippen molar-refractivity contribution >= 4 is 56.5 Å². The highest BCUT2D eigenvalue weighted by Crippen LogP contribution is 2.32. The Morgan fingerprint density at radius 1 is 0.766 bits per heavy atom. The van der Waals surface area contributed by atoms with Gasteiger partial charge in [0.25, 0.3) is 0 Å². The maximum atomic E-state index is 12.5. The van der Waals surface area contributed by atoms with E-state index in [0.29, 0.717) is 51.7 Å². The minimum absolute atomic E-state index is 0.00299. The van der Waals surface area contributed by atoms with Crippen LogP contribution in [0.4, 0.5) is 23.3 Å². The number of rotatable bonds is 10. The lowest BCUT2D eigenvalue weighted by atomic mass is 10.1. The SMILES string of the molecule is CC(C)[C@H](CO)Nc1nc(Cl)nc2c1S(=O)CC2.CC(C)[C@H](CO)Nc1nc(N2CCN(c3ccncc3)CC2)nc2c1S(=O)CC2. The number of pyridine rings is 1. The second kappa shape index (κ2) is 15.9. The van der Waals surface area contributed by atoms with Crippen LogP contribution < -0.4 is 20.4 Å². The molecule has 3 aromatic heterocycles. The van der Waals surface area contributed by atoms with Crippen molar-refractivity contribution in [3.8, 4) is 0 Å². The molecule has 2 unspecified atom stereocenters. The normalized spacial score (nSPS) is 20.0. The molecule has 0 saturated carbocycles. The van der Waals surface area contributed by atoms with Gasteiger partial charge < -0.3 is 30.6 Å². The first-order valence-electron chi connectivity index (χ1n) is 16.0. The summed E-state index contributed by atoms with van der Waals surface area (Å²) in [7, 11) is -2.16. The molecule has 0 aromatic carbocycles. The minimum atomic E-state index is -1.09. The van der Waals surface area contributed by atoms with Gasteiger partial charge in [-0.25, -0.2) is 9.97 Å². The second-order valence-corrected chi connectivity index (χ2v) is 15.8. The van der Waals surface area contributed by atoms with E-state index in [1.54, 1.807) is 0 Å². The lowest BCUT2D eigenvalue weighted by molar-refractivity contribution is 0.248. The van der Waals surface area contributed by atoms with Gasteiger partial charge in [-0.05, 0) is 35.6 Å². The van der Waals surface area contributed by atoms with Crippen molar-refractivity contribution in [2.24, 2.45) is 11.8 Å². The van der Waals surface area contributed by atoms with Crippen LogP contribution in [0.5, 0.6) is 0 Å². The van der Waals surface area contributed by atoms with E-state index in [9.17, 15) is 18.6 Å². The highest BCUT2D eigenvalue weighted by Gasteiger charge is 2.30. The Bertz CT molecular complexity index is 1580. The lowest BCUT2D eigenvalue weighted by Gasteiger charge is -2.36. The molecule has 3 aliphatic heterocycles. The third kappa shape index (κ3) is 8.37. The van der Waals surface area contributed by atoms with E-state index in [1.807, 2.05) is 52.2 Å². The smallest absolute Gasteiger partial charge is 0.227 e. The summed E-state index contributed by atoms with van der Waals surface area (Å²) >= 11 is 5.86. The van der Waals surface area contributed by atoms with Crippen molar-refractivity contribution in [1.82, 2.24) is 24.9 Å². The first-order chi connectivity index (χ1) is 22.6. The molecule has 47 heavy (non-hydrogen) atoms. The molecule has 3 aromatic rings. The van der Waals surface area contributed by atoms with Crippen LogP contribution in [0.3, 0.4) is 0 Å². The van der Waals surface area contributed by atoms with Crippen LogP contribution in [0.15, 0.2) is 34.3 Å². The highest BCUT2D eigenvalue weighted by molar-refractivity contribution is 7.85. The maximum Gasteiger partial charge on any atom is 0.227 e. The summed E-state index contributed by atoms with van der Waals surface area (Å²) in [6, 6.07) is 3.78. The van der Waals surface area contributed by atoms with E-state index in [4.69, 9.17) is 21.6 Å². The number of hydrogen-bond donors (Lipinski definition) is 4. The number of piperazine rings is 1. The third-order valence-corrected chi connectivity index (χ3v) is 11.7. The molecule has 16 heteroatoms. The molecule has 256 valence electrons. The fourth-order valence-electron chi connectivity index (χ4n) is 5.61. The molecule has 0 amide bonds. The molecule has 0 radical (unpaired) electrons. The summed E-state index contributed by atoms with van der Waals surface area (Å²) in [5.41, 5.74) is 2.79. The lowest BCUT2D eigenvalue weighted by Crippen LogP contribution is -2.47. The molecule has 6 rings (SSSR count). The van der Waals surface area contributed by atoms with Crippen LogP contribution in [0, 0.1) is 11.8 Å². The Kier molecular flexibility index (Phi) is 12.0. The Morgan fingerprint density at radius 3 is 1.77 bits per heavy atom. The standard InChI is InChI=1S/C20H28N6O2S.C11H16ClN3O2S/c1-14(2)17(13-27)22-19-18-16(5-12-29(18)28)23-20(24-19)26-10-8-25(9-11-26)15-3-6-21-7-4-15;1-6(2)8(5-16)13-10-9-7(3-4-18(9)17)14-11(12)15-10/h3-4,6-7,14,17,27H,5,8-13H2,1-2H3,(H,22,23,24);6,8,16H,3-5H2,1-2H3,(H,13,14,15)/t17-,29?;8-,18?/m00/s1. The maximum absolute atomic E-state index is 12.5. The van der Waals surface area contributed by atoms with Gasteiger partial charge in [-0.15, -0.1) is 0 Å². The molecule has 4 N–H and O–H groups in total. The van der Waals surface area contributed by atoms with E-state index in [1.165, 1.54) is 5.69 Å². The first-order valence-corrected chi connectivity index (χ1v) is 19.0. The number of hydrogen-bond acceptors (Lipinski definition) is 13. The molecule has 1 saturated heterocycles. The molecule has 0 spiro atoms. The predicted molar refractivity (Wildman–Crippen MR) is 186 cm³/mol. The largest absolute Gasteiger partial charge is 0.394 e. The van der Waals surface area contributed by atoms with Crippen LogP contribution in [0.2, 0.25) is 5.28 Å². The van der Waals surface area contributed by atoms with Gasteiger partial charge in [0.05, 0.1) is 58.3 Å². The van der Waals surface area contributed by atoms with Gasteiger partial charge >= 0.3 is 0 Å². The van der Waals surface area contributed by atoms with Gasteiger partial charge in [0, 0.05) is 68.6 Å². The van der Waals surface area contributed by atoms with Crippen LogP contribution in [0.1, 0.15) is 39.1 Å². The Hall–Kier alpha value is -2.98. The molecular weight excluding hydrogens is 662 g/mol. The summed E-state index contributed by atoms with van der Waals surface area (Å²) < 4.78 is 24.4. The molecule has 3 aliphatic rings. The van der Waals surface area contributed by atoms with E-state index >= 15 is 0 Å². The van der Waals surface area contributed by atoms with Crippen molar-refractivity contribution in [1.29, 1.82) is 0 Å². The van der Waals surface area contributed by atoms with Crippen molar-refractivity contribution in [2.45, 2.75) is 62.4 Å². The predicted octanol–water partition coefficient (Wildman–Crippen LogP) is 2.51. The van der Waals surface area contributed by atoms with Gasteiger partial charge in [-0.2, -0.15) is 9.97 Å². The van der Waals surface area contributed by atoms with Crippen molar-refractivity contribution in [2.75, 3.05) is 71.3 Å². The Morgan fingerprint density at radius 2 is 1.26 bits per heavy atom. The fraction of sp³-hybridized carbons (Fsp3) is 0.581. The minimum Gasteiger partial charge on any atom is -0.394 e. The monoisotopic (exact) mass is 705 g/mol. The summed E-state index contributed by atoms with van der Waals surface area (Å²) in [6.07, 6.45) is 4.99. The summed E-state index contributed by atoms with van der Waals surface area (Å²) in [4.78, 5) is 27.7. The van der Waals surface area contributed by atoms with Gasteiger partial charge in [-0.3, -0.25) is 13.4 Å². The molecular formula is C31H44ClN9O4S2.